The number of ether oxygens (including phenoxy) is 3. The Hall–Kier alpha value is -3.41. The summed E-state index contributed by atoms with van der Waals surface area (Å²) >= 11 is 0. The van der Waals surface area contributed by atoms with E-state index < -0.39 is 0 Å². The van der Waals surface area contributed by atoms with E-state index in [1.807, 2.05) is 42.5 Å². The standard InChI is InChI=1S/C21H20N2O4/c1-16(24)26-20-15-22-13-11-17(20)7-6-14-25-19-10-5-12-23-21(19)27-18-8-3-2-4-9-18/h2-5,8-13,15H,6-7,14H2,1H3. The highest BCUT2D eigenvalue weighted by atomic mass is 16.5. The lowest BCUT2D eigenvalue weighted by molar-refractivity contribution is -0.131. The number of aryl methyl sites for hydroxylation is 1. The highest BCUT2D eigenvalue weighted by molar-refractivity contribution is 5.69. The lowest BCUT2D eigenvalue weighted by Crippen LogP contribution is -2.06. The third kappa shape index (κ3) is 5.54. The highest BCUT2D eigenvalue weighted by Gasteiger charge is 2.09. The monoisotopic (exact) mass is 364 g/mol. The van der Waals surface area contributed by atoms with Gasteiger partial charge in [-0.25, -0.2) is 4.98 Å². The number of hydrogen-bond donors (Lipinski definition) is 0. The minimum atomic E-state index is -0.362. The molecular weight excluding hydrogens is 344 g/mol. The van der Waals surface area contributed by atoms with Gasteiger partial charge in [0.25, 0.3) is 5.88 Å². The zero-order chi connectivity index (χ0) is 18.9. The smallest absolute Gasteiger partial charge is 0.308 e. The zero-order valence-electron chi connectivity index (χ0n) is 15.0. The molecule has 2 heterocycles. The Morgan fingerprint density at radius 2 is 1.85 bits per heavy atom. The number of benzene rings is 1. The third-order valence-corrected chi connectivity index (χ3v) is 3.67. The highest BCUT2D eigenvalue weighted by Crippen LogP contribution is 2.29. The van der Waals surface area contributed by atoms with Crippen molar-refractivity contribution < 1.29 is 19.0 Å². The molecule has 0 aliphatic rings. The molecule has 0 amide bonds. The van der Waals surface area contributed by atoms with E-state index in [4.69, 9.17) is 14.2 Å². The van der Waals surface area contributed by atoms with Crippen molar-refractivity contribution in [1.29, 1.82) is 0 Å². The normalized spacial score (nSPS) is 10.3. The van der Waals surface area contributed by atoms with Gasteiger partial charge in [-0.3, -0.25) is 9.78 Å². The van der Waals surface area contributed by atoms with E-state index >= 15 is 0 Å². The quantitative estimate of drug-likeness (QED) is 0.441. The summed E-state index contributed by atoms with van der Waals surface area (Å²) < 4.78 is 16.8. The van der Waals surface area contributed by atoms with Gasteiger partial charge < -0.3 is 14.2 Å². The van der Waals surface area contributed by atoms with Gasteiger partial charge in [-0.1, -0.05) is 18.2 Å². The maximum atomic E-state index is 11.2. The molecule has 0 radical (unpaired) electrons. The maximum absolute atomic E-state index is 11.2. The number of pyridine rings is 2. The molecule has 0 aliphatic heterocycles. The molecule has 138 valence electrons. The van der Waals surface area contributed by atoms with Gasteiger partial charge >= 0.3 is 5.97 Å². The van der Waals surface area contributed by atoms with Gasteiger partial charge in [0.2, 0.25) is 0 Å². The molecule has 1 aromatic carbocycles. The van der Waals surface area contributed by atoms with Crippen LogP contribution in [0.5, 0.6) is 23.1 Å². The number of para-hydroxylation sites is 1. The molecule has 0 fully saturated rings. The topological polar surface area (TPSA) is 70.5 Å². The average molecular weight is 364 g/mol. The van der Waals surface area contributed by atoms with Crippen LogP contribution in [0.15, 0.2) is 67.1 Å². The van der Waals surface area contributed by atoms with E-state index in [0.717, 1.165) is 12.0 Å². The first kappa shape index (κ1) is 18.4. The first-order valence-electron chi connectivity index (χ1n) is 8.64. The van der Waals surface area contributed by atoms with E-state index in [9.17, 15) is 4.79 Å². The molecule has 0 aliphatic carbocycles. The lowest BCUT2D eigenvalue weighted by atomic mass is 10.1. The summed E-state index contributed by atoms with van der Waals surface area (Å²) in [6.45, 7) is 1.84. The molecule has 0 atom stereocenters. The fourth-order valence-electron chi connectivity index (χ4n) is 2.47. The van der Waals surface area contributed by atoms with E-state index in [-0.39, 0.29) is 5.97 Å². The van der Waals surface area contributed by atoms with Crippen molar-refractivity contribution in [2.75, 3.05) is 6.61 Å². The van der Waals surface area contributed by atoms with Crippen LogP contribution in [-0.4, -0.2) is 22.5 Å². The molecule has 2 aromatic heterocycles. The second-order valence-electron chi connectivity index (χ2n) is 5.75. The number of rotatable bonds is 8. The van der Waals surface area contributed by atoms with Crippen molar-refractivity contribution in [2.45, 2.75) is 19.8 Å². The van der Waals surface area contributed by atoms with Gasteiger partial charge in [0, 0.05) is 19.3 Å². The minimum absolute atomic E-state index is 0.362. The van der Waals surface area contributed by atoms with Crippen LogP contribution in [0.3, 0.4) is 0 Å². The summed E-state index contributed by atoms with van der Waals surface area (Å²) in [5.41, 5.74) is 0.913. The summed E-state index contributed by atoms with van der Waals surface area (Å²) in [7, 11) is 0. The number of carbonyl (C=O) groups excluding carboxylic acids is 1. The Bertz CT molecular complexity index is 884. The number of carbonyl (C=O) groups is 1. The van der Waals surface area contributed by atoms with Crippen LogP contribution in [0.1, 0.15) is 18.9 Å². The summed E-state index contributed by atoms with van der Waals surface area (Å²) in [6, 6.07) is 14.9. The second kappa shape index (κ2) is 9.33. The predicted molar refractivity (Wildman–Crippen MR) is 100 cm³/mol. The Kier molecular flexibility index (Phi) is 6.35. The summed E-state index contributed by atoms with van der Waals surface area (Å²) in [6.07, 6.45) is 6.31. The fourth-order valence-corrected chi connectivity index (χ4v) is 2.47. The van der Waals surface area contributed by atoms with Crippen molar-refractivity contribution >= 4 is 5.97 Å². The zero-order valence-corrected chi connectivity index (χ0v) is 15.0. The lowest BCUT2D eigenvalue weighted by Gasteiger charge is -2.12. The molecule has 27 heavy (non-hydrogen) atoms. The molecule has 0 saturated carbocycles. The molecule has 6 nitrogen and oxygen atoms in total. The van der Waals surface area contributed by atoms with Crippen LogP contribution in [0.25, 0.3) is 0 Å². The average Bonchev–Trinajstić information content (AvgIpc) is 2.68. The van der Waals surface area contributed by atoms with Gasteiger partial charge in [0.05, 0.1) is 12.8 Å². The van der Waals surface area contributed by atoms with E-state index in [1.54, 1.807) is 24.7 Å². The van der Waals surface area contributed by atoms with Crippen LogP contribution in [-0.2, 0) is 11.2 Å². The van der Waals surface area contributed by atoms with Gasteiger partial charge in [-0.05, 0) is 48.7 Å². The van der Waals surface area contributed by atoms with Crippen LogP contribution in [0, 0.1) is 0 Å². The van der Waals surface area contributed by atoms with Gasteiger partial charge in [0.15, 0.2) is 11.5 Å². The third-order valence-electron chi connectivity index (χ3n) is 3.67. The van der Waals surface area contributed by atoms with E-state index in [2.05, 4.69) is 9.97 Å². The largest absolute Gasteiger partial charge is 0.488 e. The van der Waals surface area contributed by atoms with Crippen LogP contribution >= 0.6 is 0 Å². The van der Waals surface area contributed by atoms with Crippen molar-refractivity contribution in [1.82, 2.24) is 9.97 Å². The summed E-state index contributed by atoms with van der Waals surface area (Å²) in [4.78, 5) is 19.4. The molecule has 0 unspecified atom stereocenters. The first-order chi connectivity index (χ1) is 13.2. The van der Waals surface area contributed by atoms with Crippen LogP contribution < -0.4 is 14.2 Å². The summed E-state index contributed by atoms with van der Waals surface area (Å²) in [5.74, 6) is 1.83. The molecule has 3 aromatic rings. The number of esters is 1. The molecular formula is C21H20N2O4. The fraction of sp³-hybridized carbons (Fsp3) is 0.190. The van der Waals surface area contributed by atoms with Crippen LogP contribution in [0.2, 0.25) is 0 Å². The van der Waals surface area contributed by atoms with E-state index in [1.165, 1.54) is 6.92 Å². The SMILES string of the molecule is CC(=O)Oc1cnccc1CCCOc1cccnc1Oc1ccccc1. The van der Waals surface area contributed by atoms with Crippen molar-refractivity contribution in [3.8, 4) is 23.1 Å². The Balaban J connectivity index is 1.56. The van der Waals surface area contributed by atoms with Crippen molar-refractivity contribution in [2.24, 2.45) is 0 Å². The maximum Gasteiger partial charge on any atom is 0.308 e. The minimum Gasteiger partial charge on any atom is -0.488 e. The summed E-state index contributed by atoms with van der Waals surface area (Å²) in [5, 5.41) is 0. The number of hydrogen-bond acceptors (Lipinski definition) is 6. The van der Waals surface area contributed by atoms with E-state index in [0.29, 0.717) is 36.2 Å². The van der Waals surface area contributed by atoms with Gasteiger partial charge in [0.1, 0.15) is 5.75 Å². The number of aromatic nitrogens is 2. The molecule has 0 spiro atoms. The molecule has 6 heteroatoms. The Morgan fingerprint density at radius 1 is 1.00 bits per heavy atom. The number of nitrogens with zero attached hydrogens (tertiary/aromatic N) is 2. The van der Waals surface area contributed by atoms with Crippen molar-refractivity contribution in [3.05, 3.63) is 72.7 Å². The van der Waals surface area contributed by atoms with Gasteiger partial charge in [-0.15, -0.1) is 0 Å². The van der Waals surface area contributed by atoms with Gasteiger partial charge in [-0.2, -0.15) is 0 Å². The van der Waals surface area contributed by atoms with Crippen molar-refractivity contribution in [3.63, 3.8) is 0 Å². The Morgan fingerprint density at radius 3 is 2.67 bits per heavy atom. The molecule has 0 saturated heterocycles. The molecule has 0 N–H and O–H groups in total. The second-order valence-corrected chi connectivity index (χ2v) is 5.75. The molecule has 3 rings (SSSR count). The first-order valence-corrected chi connectivity index (χ1v) is 8.64. The predicted octanol–water partition coefficient (Wildman–Crippen LogP) is 4.21. The molecule has 0 bridgehead atoms. The Labute approximate surface area is 157 Å². The van der Waals surface area contributed by atoms with Crippen LogP contribution in [0.4, 0.5) is 0 Å².